The molecule has 3 heterocycles. The molecule has 0 spiro atoms. The number of carbonyl (C=O) groups is 1. The number of ether oxygens (including phenoxy) is 1. The molecule has 2 aromatic heterocycles. The molecule has 0 radical (unpaired) electrons. The Morgan fingerprint density at radius 1 is 1.27 bits per heavy atom. The van der Waals surface area contributed by atoms with Gasteiger partial charge in [-0.3, -0.25) is 9.36 Å². The summed E-state index contributed by atoms with van der Waals surface area (Å²) in [4.78, 5) is 18.7. The highest BCUT2D eigenvalue weighted by molar-refractivity contribution is 5.94. The number of amides is 1. The van der Waals surface area contributed by atoms with Crippen LogP contribution in [0.2, 0.25) is 0 Å². The minimum Gasteiger partial charge on any atom is -0.374 e. The standard InChI is InChI=1S/C23H31N7O3/c1-4-32-15-20-26-27-23(29-11-9-18(10-12-29)22-25-16(2)28-33-22)30(20)13-8-17-6-5-7-19(14-17)21(31)24-3/h5-7,14,18H,4,8-13,15H2,1-3H3,(H,24,31). The Morgan fingerprint density at radius 2 is 2.09 bits per heavy atom. The highest BCUT2D eigenvalue weighted by Crippen LogP contribution is 2.29. The van der Waals surface area contributed by atoms with Crippen LogP contribution in [-0.2, 0) is 24.3 Å². The third-order valence-corrected chi connectivity index (χ3v) is 5.95. The van der Waals surface area contributed by atoms with Crippen molar-refractivity contribution in [1.29, 1.82) is 0 Å². The van der Waals surface area contributed by atoms with E-state index in [4.69, 9.17) is 9.26 Å². The Kier molecular flexibility index (Phi) is 7.33. The minimum atomic E-state index is -0.0850. The molecule has 1 N–H and O–H groups in total. The number of rotatable bonds is 9. The third kappa shape index (κ3) is 5.39. The molecule has 0 atom stereocenters. The number of nitrogens with zero attached hydrogens (tertiary/aromatic N) is 6. The maximum atomic E-state index is 12.0. The third-order valence-electron chi connectivity index (χ3n) is 5.95. The zero-order valence-corrected chi connectivity index (χ0v) is 19.5. The fourth-order valence-corrected chi connectivity index (χ4v) is 4.15. The minimum absolute atomic E-state index is 0.0850. The number of nitrogens with one attached hydrogen (secondary N) is 1. The quantitative estimate of drug-likeness (QED) is 0.526. The fraction of sp³-hybridized carbons (Fsp3) is 0.522. The summed E-state index contributed by atoms with van der Waals surface area (Å²) in [6, 6.07) is 7.71. The van der Waals surface area contributed by atoms with E-state index in [9.17, 15) is 4.79 Å². The van der Waals surface area contributed by atoms with E-state index in [1.165, 1.54) is 0 Å². The molecule has 0 bridgehead atoms. The molecule has 1 amide bonds. The normalized spacial score (nSPS) is 14.6. The molecule has 10 nitrogen and oxygen atoms in total. The summed E-state index contributed by atoms with van der Waals surface area (Å²) in [5, 5.41) is 15.5. The predicted octanol–water partition coefficient (Wildman–Crippen LogP) is 2.49. The lowest BCUT2D eigenvalue weighted by Gasteiger charge is -2.31. The second-order valence-corrected chi connectivity index (χ2v) is 8.18. The van der Waals surface area contributed by atoms with Gasteiger partial charge in [-0.15, -0.1) is 10.2 Å². The number of hydrogen-bond acceptors (Lipinski definition) is 8. The molecular formula is C23H31N7O3. The molecule has 4 rings (SSSR count). The maximum Gasteiger partial charge on any atom is 0.251 e. The van der Waals surface area contributed by atoms with Crippen LogP contribution in [0.1, 0.15) is 59.1 Å². The first-order chi connectivity index (χ1) is 16.1. The number of hydrogen-bond donors (Lipinski definition) is 1. The summed E-state index contributed by atoms with van der Waals surface area (Å²) >= 11 is 0. The molecule has 1 aliphatic rings. The highest BCUT2D eigenvalue weighted by Gasteiger charge is 2.28. The second kappa shape index (κ2) is 10.6. The number of piperidine rings is 1. The van der Waals surface area contributed by atoms with E-state index in [-0.39, 0.29) is 11.8 Å². The van der Waals surface area contributed by atoms with Crippen molar-refractivity contribution in [2.24, 2.45) is 0 Å². The summed E-state index contributed by atoms with van der Waals surface area (Å²) in [7, 11) is 1.64. The van der Waals surface area contributed by atoms with Gasteiger partial charge in [0, 0.05) is 44.8 Å². The van der Waals surface area contributed by atoms with Gasteiger partial charge in [0.25, 0.3) is 5.91 Å². The van der Waals surface area contributed by atoms with Crippen molar-refractivity contribution in [2.45, 2.75) is 52.2 Å². The van der Waals surface area contributed by atoms with Crippen LogP contribution in [0.3, 0.4) is 0 Å². The predicted molar refractivity (Wildman–Crippen MR) is 122 cm³/mol. The first kappa shape index (κ1) is 22.9. The van der Waals surface area contributed by atoms with E-state index in [0.717, 1.165) is 55.6 Å². The van der Waals surface area contributed by atoms with E-state index in [2.05, 4.69) is 35.1 Å². The number of anilines is 1. The maximum absolute atomic E-state index is 12.0. The van der Waals surface area contributed by atoms with Crippen LogP contribution in [0.4, 0.5) is 5.95 Å². The molecular weight excluding hydrogens is 422 g/mol. The summed E-state index contributed by atoms with van der Waals surface area (Å²) in [6.07, 6.45) is 2.60. The molecule has 1 fully saturated rings. The van der Waals surface area contributed by atoms with Crippen molar-refractivity contribution in [2.75, 3.05) is 31.6 Å². The van der Waals surface area contributed by atoms with Crippen molar-refractivity contribution in [1.82, 2.24) is 30.2 Å². The first-order valence-corrected chi connectivity index (χ1v) is 11.4. The SMILES string of the molecule is CCOCc1nnc(N2CCC(c3nc(C)no3)CC2)n1CCc1cccc(C(=O)NC)c1. The van der Waals surface area contributed by atoms with Crippen LogP contribution < -0.4 is 10.2 Å². The van der Waals surface area contributed by atoms with Crippen molar-refractivity contribution in [3.63, 3.8) is 0 Å². The molecule has 0 saturated carbocycles. The smallest absolute Gasteiger partial charge is 0.251 e. The van der Waals surface area contributed by atoms with Gasteiger partial charge in [-0.25, -0.2) is 0 Å². The van der Waals surface area contributed by atoms with Gasteiger partial charge < -0.3 is 19.5 Å². The van der Waals surface area contributed by atoms with Gasteiger partial charge in [0.2, 0.25) is 11.8 Å². The second-order valence-electron chi connectivity index (χ2n) is 8.18. The van der Waals surface area contributed by atoms with Gasteiger partial charge in [0.05, 0.1) is 0 Å². The Morgan fingerprint density at radius 3 is 2.79 bits per heavy atom. The van der Waals surface area contributed by atoms with Crippen molar-refractivity contribution < 1.29 is 14.1 Å². The van der Waals surface area contributed by atoms with E-state index in [1.54, 1.807) is 7.05 Å². The Bertz CT molecular complexity index is 1070. The van der Waals surface area contributed by atoms with Gasteiger partial charge in [0.15, 0.2) is 11.6 Å². The number of benzene rings is 1. The molecule has 176 valence electrons. The average Bonchev–Trinajstić information content (AvgIpc) is 3.47. The number of aryl methyl sites for hydroxylation is 2. The molecule has 0 unspecified atom stereocenters. The molecule has 0 aliphatic carbocycles. The number of aromatic nitrogens is 5. The largest absolute Gasteiger partial charge is 0.374 e. The molecule has 3 aromatic rings. The molecule has 1 saturated heterocycles. The van der Waals surface area contributed by atoms with Crippen LogP contribution >= 0.6 is 0 Å². The van der Waals surface area contributed by atoms with Gasteiger partial charge in [-0.1, -0.05) is 17.3 Å². The lowest BCUT2D eigenvalue weighted by molar-refractivity contribution is 0.0963. The van der Waals surface area contributed by atoms with E-state index in [1.807, 2.05) is 38.1 Å². The Hall–Kier alpha value is -3.27. The summed E-state index contributed by atoms with van der Waals surface area (Å²) in [5.74, 6) is 3.25. The Labute approximate surface area is 193 Å². The number of carbonyl (C=O) groups excluding carboxylic acids is 1. The highest BCUT2D eigenvalue weighted by atomic mass is 16.5. The summed E-state index contributed by atoms with van der Waals surface area (Å²) in [5.41, 5.74) is 1.75. The van der Waals surface area contributed by atoms with Gasteiger partial charge in [-0.05, 0) is 50.8 Å². The molecule has 1 aromatic carbocycles. The topological polar surface area (TPSA) is 111 Å². The van der Waals surface area contributed by atoms with Crippen LogP contribution in [0, 0.1) is 6.92 Å². The van der Waals surface area contributed by atoms with Gasteiger partial charge in [0.1, 0.15) is 6.61 Å². The van der Waals surface area contributed by atoms with Crippen LogP contribution in [0.5, 0.6) is 0 Å². The van der Waals surface area contributed by atoms with E-state index in [0.29, 0.717) is 31.1 Å². The fourth-order valence-electron chi connectivity index (χ4n) is 4.15. The van der Waals surface area contributed by atoms with Crippen molar-refractivity contribution in [3.8, 4) is 0 Å². The van der Waals surface area contributed by atoms with E-state index >= 15 is 0 Å². The monoisotopic (exact) mass is 453 g/mol. The van der Waals surface area contributed by atoms with Crippen LogP contribution in [0.25, 0.3) is 0 Å². The van der Waals surface area contributed by atoms with Gasteiger partial charge in [-0.2, -0.15) is 4.98 Å². The van der Waals surface area contributed by atoms with Crippen LogP contribution in [-0.4, -0.2) is 57.6 Å². The zero-order valence-electron chi connectivity index (χ0n) is 19.5. The van der Waals surface area contributed by atoms with E-state index < -0.39 is 0 Å². The lowest BCUT2D eigenvalue weighted by Crippen LogP contribution is -2.35. The molecule has 1 aliphatic heterocycles. The first-order valence-electron chi connectivity index (χ1n) is 11.4. The van der Waals surface area contributed by atoms with Crippen molar-refractivity contribution in [3.05, 3.63) is 52.9 Å². The van der Waals surface area contributed by atoms with Crippen molar-refractivity contribution >= 4 is 11.9 Å². The van der Waals surface area contributed by atoms with Crippen LogP contribution in [0.15, 0.2) is 28.8 Å². The Balaban J connectivity index is 1.48. The molecule has 33 heavy (non-hydrogen) atoms. The molecule has 10 heteroatoms. The average molecular weight is 454 g/mol. The zero-order chi connectivity index (χ0) is 23.2. The summed E-state index contributed by atoms with van der Waals surface area (Å²) in [6.45, 7) is 7.22. The van der Waals surface area contributed by atoms with Gasteiger partial charge >= 0.3 is 0 Å². The lowest BCUT2D eigenvalue weighted by atomic mass is 9.97. The summed E-state index contributed by atoms with van der Waals surface area (Å²) < 4.78 is 13.2.